The Bertz CT molecular complexity index is 608. The molecule has 0 aliphatic heterocycles. The van der Waals surface area contributed by atoms with Gasteiger partial charge in [-0.15, -0.1) is 0 Å². The van der Waals surface area contributed by atoms with Gasteiger partial charge >= 0.3 is 0 Å². The number of ether oxygens (including phenoxy) is 2. The number of carbonyl (C=O) groups excluding carboxylic acids is 1. The SMILES string of the molecule is COc1cc(C(=O)[O-])ccc1OCc1ccc(Br)cc1. The van der Waals surface area contributed by atoms with E-state index in [2.05, 4.69) is 15.9 Å². The van der Waals surface area contributed by atoms with Crippen LogP contribution in [0.2, 0.25) is 0 Å². The van der Waals surface area contributed by atoms with Crippen molar-refractivity contribution < 1.29 is 19.4 Å². The van der Waals surface area contributed by atoms with Gasteiger partial charge < -0.3 is 19.4 Å². The van der Waals surface area contributed by atoms with Gasteiger partial charge in [-0.1, -0.05) is 28.1 Å². The Kier molecular flexibility index (Phi) is 4.63. The molecule has 0 saturated heterocycles. The molecule has 0 aromatic heterocycles. The van der Waals surface area contributed by atoms with E-state index in [1.165, 1.54) is 19.2 Å². The molecular weight excluding hydrogens is 324 g/mol. The number of aromatic carboxylic acids is 1. The van der Waals surface area contributed by atoms with Crippen LogP contribution in [0.15, 0.2) is 46.9 Å². The molecule has 0 bridgehead atoms. The molecule has 0 N–H and O–H groups in total. The highest BCUT2D eigenvalue weighted by Gasteiger charge is 2.06. The molecule has 0 fully saturated rings. The van der Waals surface area contributed by atoms with Gasteiger partial charge in [0.1, 0.15) is 6.61 Å². The molecule has 2 rings (SSSR count). The van der Waals surface area contributed by atoms with E-state index in [4.69, 9.17) is 9.47 Å². The van der Waals surface area contributed by atoms with Crippen molar-refractivity contribution in [3.63, 3.8) is 0 Å². The summed E-state index contributed by atoms with van der Waals surface area (Å²) in [5, 5.41) is 10.8. The smallest absolute Gasteiger partial charge is 0.161 e. The number of hydrogen-bond acceptors (Lipinski definition) is 4. The molecule has 0 saturated carbocycles. The Hall–Kier alpha value is -2.01. The second-order valence-electron chi connectivity index (χ2n) is 4.07. The van der Waals surface area contributed by atoms with E-state index in [-0.39, 0.29) is 5.56 Å². The van der Waals surface area contributed by atoms with Gasteiger partial charge in [-0.2, -0.15) is 0 Å². The molecule has 2 aromatic rings. The molecule has 104 valence electrons. The first-order chi connectivity index (χ1) is 9.60. The van der Waals surface area contributed by atoms with E-state index in [0.29, 0.717) is 18.1 Å². The Labute approximate surface area is 125 Å². The summed E-state index contributed by atoms with van der Waals surface area (Å²) < 4.78 is 11.8. The summed E-state index contributed by atoms with van der Waals surface area (Å²) >= 11 is 3.36. The fourth-order valence-corrected chi connectivity index (χ4v) is 1.92. The topological polar surface area (TPSA) is 58.6 Å². The molecule has 0 amide bonds. The molecule has 0 aliphatic carbocycles. The Morgan fingerprint density at radius 3 is 2.45 bits per heavy atom. The standard InChI is InChI=1S/C15H13BrO4/c1-19-14-8-11(15(17)18)4-7-13(14)20-9-10-2-5-12(16)6-3-10/h2-8H,9H2,1H3,(H,17,18)/p-1. The van der Waals surface area contributed by atoms with Crippen molar-refractivity contribution in [2.45, 2.75) is 6.61 Å². The van der Waals surface area contributed by atoms with Crippen molar-refractivity contribution in [1.29, 1.82) is 0 Å². The van der Waals surface area contributed by atoms with E-state index >= 15 is 0 Å². The van der Waals surface area contributed by atoms with E-state index in [0.717, 1.165) is 10.0 Å². The summed E-state index contributed by atoms with van der Waals surface area (Å²) in [6.07, 6.45) is 0. The zero-order chi connectivity index (χ0) is 14.5. The van der Waals surface area contributed by atoms with E-state index in [9.17, 15) is 9.90 Å². The molecule has 2 aromatic carbocycles. The van der Waals surface area contributed by atoms with E-state index in [1.807, 2.05) is 24.3 Å². The normalized spacial score (nSPS) is 10.1. The lowest BCUT2D eigenvalue weighted by Crippen LogP contribution is -2.22. The van der Waals surface area contributed by atoms with Crippen molar-refractivity contribution in [2.75, 3.05) is 7.11 Å². The van der Waals surface area contributed by atoms with Crippen molar-refractivity contribution >= 4 is 21.9 Å². The minimum absolute atomic E-state index is 0.0536. The molecule has 0 atom stereocenters. The number of rotatable bonds is 5. The molecule has 5 heteroatoms. The van der Waals surface area contributed by atoms with Crippen molar-refractivity contribution in [3.8, 4) is 11.5 Å². The zero-order valence-electron chi connectivity index (χ0n) is 10.8. The largest absolute Gasteiger partial charge is 0.545 e. The number of carboxylic acid groups (broad SMARTS) is 1. The molecule has 4 nitrogen and oxygen atoms in total. The Balaban J connectivity index is 2.12. The molecule has 0 heterocycles. The van der Waals surface area contributed by atoms with Crippen molar-refractivity contribution in [1.82, 2.24) is 0 Å². The number of hydrogen-bond donors (Lipinski definition) is 0. The fraction of sp³-hybridized carbons (Fsp3) is 0.133. The summed E-state index contributed by atoms with van der Waals surface area (Å²) in [5.41, 5.74) is 1.05. The number of halogens is 1. The minimum atomic E-state index is -1.25. The van der Waals surface area contributed by atoms with Crippen LogP contribution in [0.3, 0.4) is 0 Å². The van der Waals surface area contributed by atoms with Gasteiger partial charge in [0, 0.05) is 10.0 Å². The molecule has 20 heavy (non-hydrogen) atoms. The lowest BCUT2D eigenvalue weighted by atomic mass is 10.2. The second kappa shape index (κ2) is 6.43. The van der Waals surface area contributed by atoms with Crippen LogP contribution in [-0.2, 0) is 6.61 Å². The van der Waals surface area contributed by atoms with Gasteiger partial charge in [0.25, 0.3) is 0 Å². The molecular formula is C15H12BrO4-. The number of carboxylic acids is 1. The van der Waals surface area contributed by atoms with Gasteiger partial charge in [0.2, 0.25) is 0 Å². The first-order valence-corrected chi connectivity index (χ1v) is 6.66. The van der Waals surface area contributed by atoms with Crippen LogP contribution in [0.25, 0.3) is 0 Å². The number of carbonyl (C=O) groups is 1. The van der Waals surface area contributed by atoms with Gasteiger partial charge in [-0.05, 0) is 35.9 Å². The van der Waals surface area contributed by atoms with Crippen LogP contribution in [0.1, 0.15) is 15.9 Å². The van der Waals surface area contributed by atoms with Gasteiger partial charge in [0.05, 0.1) is 13.1 Å². The first kappa shape index (κ1) is 14.4. The summed E-state index contributed by atoms with van der Waals surface area (Å²) in [6, 6.07) is 12.1. The number of benzene rings is 2. The van der Waals surface area contributed by atoms with Crippen molar-refractivity contribution in [2.24, 2.45) is 0 Å². The van der Waals surface area contributed by atoms with Gasteiger partial charge in [0.15, 0.2) is 11.5 Å². The zero-order valence-corrected chi connectivity index (χ0v) is 12.3. The Morgan fingerprint density at radius 1 is 1.15 bits per heavy atom. The predicted molar refractivity (Wildman–Crippen MR) is 75.8 cm³/mol. The lowest BCUT2D eigenvalue weighted by Gasteiger charge is -2.12. The highest BCUT2D eigenvalue weighted by Crippen LogP contribution is 2.28. The molecule has 0 radical (unpaired) electrons. The average molecular weight is 336 g/mol. The maximum absolute atomic E-state index is 10.8. The second-order valence-corrected chi connectivity index (χ2v) is 4.98. The van der Waals surface area contributed by atoms with Crippen LogP contribution >= 0.6 is 15.9 Å². The summed E-state index contributed by atoms with van der Waals surface area (Å²) in [4.78, 5) is 10.8. The highest BCUT2D eigenvalue weighted by molar-refractivity contribution is 9.10. The average Bonchev–Trinajstić information content (AvgIpc) is 2.46. The quantitative estimate of drug-likeness (QED) is 0.841. The van der Waals surface area contributed by atoms with Crippen LogP contribution in [0.4, 0.5) is 0 Å². The van der Waals surface area contributed by atoms with Crippen LogP contribution in [-0.4, -0.2) is 13.1 Å². The predicted octanol–water partition coefficient (Wildman–Crippen LogP) is 2.40. The fourth-order valence-electron chi connectivity index (χ4n) is 1.66. The monoisotopic (exact) mass is 335 g/mol. The summed E-state index contributed by atoms with van der Waals surface area (Å²) in [7, 11) is 1.46. The third kappa shape index (κ3) is 3.51. The maximum atomic E-state index is 10.8. The summed E-state index contributed by atoms with van der Waals surface area (Å²) in [5.74, 6) is -0.396. The van der Waals surface area contributed by atoms with Crippen LogP contribution < -0.4 is 14.6 Å². The third-order valence-corrected chi connectivity index (χ3v) is 3.24. The third-order valence-electron chi connectivity index (χ3n) is 2.71. The van der Waals surface area contributed by atoms with E-state index in [1.54, 1.807) is 6.07 Å². The number of methoxy groups -OCH3 is 1. The highest BCUT2D eigenvalue weighted by atomic mass is 79.9. The van der Waals surface area contributed by atoms with Gasteiger partial charge in [-0.3, -0.25) is 0 Å². The minimum Gasteiger partial charge on any atom is -0.545 e. The molecule has 0 unspecified atom stereocenters. The summed E-state index contributed by atoms with van der Waals surface area (Å²) in [6.45, 7) is 0.369. The van der Waals surface area contributed by atoms with Crippen molar-refractivity contribution in [3.05, 3.63) is 58.1 Å². The lowest BCUT2D eigenvalue weighted by molar-refractivity contribution is -0.255. The first-order valence-electron chi connectivity index (χ1n) is 5.87. The molecule has 0 aliphatic rings. The molecule has 0 spiro atoms. The van der Waals surface area contributed by atoms with Crippen LogP contribution in [0.5, 0.6) is 11.5 Å². The Morgan fingerprint density at radius 2 is 1.85 bits per heavy atom. The van der Waals surface area contributed by atoms with E-state index < -0.39 is 5.97 Å². The van der Waals surface area contributed by atoms with Crippen LogP contribution in [0, 0.1) is 0 Å². The maximum Gasteiger partial charge on any atom is 0.161 e. The van der Waals surface area contributed by atoms with Gasteiger partial charge in [-0.25, -0.2) is 0 Å².